The first-order valence-corrected chi connectivity index (χ1v) is 9.96. The second kappa shape index (κ2) is 8.44. The SMILES string of the molecule is COc1ccc2cc(CN(C(=O)c3ccccn3)c3ccc(C)cc3C)c(=O)[nH]c2c1. The summed E-state index contributed by atoms with van der Waals surface area (Å²) < 4.78 is 5.24. The molecule has 0 radical (unpaired) electrons. The van der Waals surface area contributed by atoms with Crippen LogP contribution in [0.4, 0.5) is 5.69 Å². The number of carbonyl (C=O) groups is 1. The first-order valence-electron chi connectivity index (χ1n) is 9.96. The van der Waals surface area contributed by atoms with E-state index in [1.54, 1.807) is 42.5 Å². The largest absolute Gasteiger partial charge is 0.497 e. The van der Waals surface area contributed by atoms with Crippen LogP contribution in [-0.2, 0) is 6.54 Å². The fourth-order valence-corrected chi connectivity index (χ4v) is 3.64. The van der Waals surface area contributed by atoms with Crippen molar-refractivity contribution >= 4 is 22.5 Å². The molecule has 0 atom stereocenters. The highest BCUT2D eigenvalue weighted by Crippen LogP contribution is 2.25. The van der Waals surface area contributed by atoms with Gasteiger partial charge in [0.1, 0.15) is 11.4 Å². The van der Waals surface area contributed by atoms with Crippen LogP contribution in [0.3, 0.4) is 0 Å². The average molecular weight is 413 g/mol. The summed E-state index contributed by atoms with van der Waals surface area (Å²) in [7, 11) is 1.58. The molecule has 156 valence electrons. The van der Waals surface area contributed by atoms with Crippen molar-refractivity contribution in [3.63, 3.8) is 0 Å². The number of aromatic nitrogens is 2. The van der Waals surface area contributed by atoms with Crippen molar-refractivity contribution in [1.29, 1.82) is 0 Å². The van der Waals surface area contributed by atoms with Crippen molar-refractivity contribution in [2.75, 3.05) is 12.0 Å². The Bertz CT molecular complexity index is 1310. The fourth-order valence-electron chi connectivity index (χ4n) is 3.64. The number of ether oxygens (including phenoxy) is 1. The predicted octanol–water partition coefficient (Wildman–Crippen LogP) is 4.40. The highest BCUT2D eigenvalue weighted by Gasteiger charge is 2.22. The molecule has 6 nitrogen and oxygen atoms in total. The zero-order chi connectivity index (χ0) is 22.0. The lowest BCUT2D eigenvalue weighted by molar-refractivity contribution is 0.0980. The van der Waals surface area contributed by atoms with E-state index < -0.39 is 0 Å². The standard InChI is InChI=1S/C25H23N3O3/c1-16-7-10-23(17(2)12-16)28(25(30)21-6-4-5-11-26-21)15-19-13-18-8-9-20(31-3)14-22(18)27-24(19)29/h4-14H,15H2,1-3H3,(H,27,29). The first kappa shape index (κ1) is 20.3. The summed E-state index contributed by atoms with van der Waals surface area (Å²) in [6.45, 7) is 4.08. The summed E-state index contributed by atoms with van der Waals surface area (Å²) in [5.74, 6) is 0.403. The minimum Gasteiger partial charge on any atom is -0.497 e. The van der Waals surface area contributed by atoms with E-state index >= 15 is 0 Å². The number of pyridine rings is 2. The van der Waals surface area contributed by atoms with Gasteiger partial charge in [0.15, 0.2) is 0 Å². The molecule has 1 amide bonds. The summed E-state index contributed by atoms with van der Waals surface area (Å²) in [6, 6.07) is 18.4. The third kappa shape index (κ3) is 4.19. The van der Waals surface area contributed by atoms with Crippen molar-refractivity contribution in [3.05, 3.63) is 99.6 Å². The van der Waals surface area contributed by atoms with Crippen LogP contribution in [0.5, 0.6) is 5.75 Å². The minimum absolute atomic E-state index is 0.122. The number of aromatic amines is 1. The Hall–Kier alpha value is -3.93. The molecular weight excluding hydrogens is 390 g/mol. The van der Waals surface area contributed by atoms with Gasteiger partial charge in [0.25, 0.3) is 11.5 Å². The van der Waals surface area contributed by atoms with E-state index in [-0.39, 0.29) is 18.0 Å². The van der Waals surface area contributed by atoms with E-state index in [0.717, 1.165) is 22.2 Å². The molecule has 0 fully saturated rings. The van der Waals surface area contributed by atoms with E-state index in [0.29, 0.717) is 22.5 Å². The van der Waals surface area contributed by atoms with Crippen LogP contribution < -0.4 is 15.2 Å². The number of H-pyrrole nitrogens is 1. The van der Waals surface area contributed by atoms with E-state index in [2.05, 4.69) is 9.97 Å². The molecule has 0 spiro atoms. The number of hydrogen-bond acceptors (Lipinski definition) is 4. The summed E-state index contributed by atoms with van der Waals surface area (Å²) in [4.78, 5) is 35.0. The van der Waals surface area contributed by atoms with Gasteiger partial charge >= 0.3 is 0 Å². The van der Waals surface area contributed by atoms with E-state index in [9.17, 15) is 9.59 Å². The van der Waals surface area contributed by atoms with Crippen LogP contribution in [0.15, 0.2) is 71.7 Å². The van der Waals surface area contributed by atoms with E-state index in [1.165, 1.54) is 0 Å². The number of anilines is 1. The number of carbonyl (C=O) groups excluding carboxylic acids is 1. The summed E-state index contributed by atoms with van der Waals surface area (Å²) in [6.07, 6.45) is 1.59. The smallest absolute Gasteiger partial charge is 0.277 e. The van der Waals surface area contributed by atoms with E-state index in [1.807, 2.05) is 50.2 Å². The molecule has 0 saturated carbocycles. The molecule has 2 aromatic carbocycles. The van der Waals surface area contributed by atoms with Gasteiger partial charge in [-0.1, -0.05) is 23.8 Å². The molecule has 0 aliphatic rings. The van der Waals surface area contributed by atoms with Gasteiger partial charge in [-0.2, -0.15) is 0 Å². The Balaban J connectivity index is 1.80. The molecule has 31 heavy (non-hydrogen) atoms. The summed E-state index contributed by atoms with van der Waals surface area (Å²) in [5, 5.41) is 0.862. The highest BCUT2D eigenvalue weighted by molar-refractivity contribution is 6.05. The number of nitrogens with zero attached hydrogens (tertiary/aromatic N) is 2. The minimum atomic E-state index is -0.262. The molecule has 0 aliphatic carbocycles. The number of nitrogens with one attached hydrogen (secondary N) is 1. The van der Waals surface area contributed by atoms with Gasteiger partial charge in [0, 0.05) is 23.5 Å². The molecule has 2 aromatic heterocycles. The number of fused-ring (bicyclic) bond motifs is 1. The second-order valence-corrected chi connectivity index (χ2v) is 7.47. The van der Waals surface area contributed by atoms with Crippen LogP contribution in [0.2, 0.25) is 0 Å². The highest BCUT2D eigenvalue weighted by atomic mass is 16.5. The second-order valence-electron chi connectivity index (χ2n) is 7.47. The van der Waals surface area contributed by atoms with Gasteiger partial charge in [-0.15, -0.1) is 0 Å². The quantitative estimate of drug-likeness (QED) is 0.526. The lowest BCUT2D eigenvalue weighted by atomic mass is 10.1. The molecule has 0 aliphatic heterocycles. The maximum absolute atomic E-state index is 13.4. The maximum Gasteiger partial charge on any atom is 0.277 e. The zero-order valence-electron chi connectivity index (χ0n) is 17.7. The van der Waals surface area contributed by atoms with Crippen LogP contribution in [-0.4, -0.2) is 23.0 Å². The van der Waals surface area contributed by atoms with Crippen molar-refractivity contribution in [3.8, 4) is 5.75 Å². The van der Waals surface area contributed by atoms with Gasteiger partial charge in [-0.25, -0.2) is 0 Å². The molecule has 0 saturated heterocycles. The number of aryl methyl sites for hydroxylation is 2. The fraction of sp³-hybridized carbons (Fsp3) is 0.160. The number of methoxy groups -OCH3 is 1. The van der Waals surface area contributed by atoms with Gasteiger partial charge in [-0.3, -0.25) is 14.6 Å². The molecule has 4 aromatic rings. The molecular formula is C25H23N3O3. The van der Waals surface area contributed by atoms with Crippen LogP contribution in [0.1, 0.15) is 27.2 Å². The van der Waals surface area contributed by atoms with Crippen LogP contribution in [0.25, 0.3) is 10.9 Å². The van der Waals surface area contributed by atoms with E-state index in [4.69, 9.17) is 4.74 Å². The molecule has 0 bridgehead atoms. The normalized spacial score (nSPS) is 10.8. The van der Waals surface area contributed by atoms with Crippen molar-refractivity contribution in [2.45, 2.75) is 20.4 Å². The van der Waals surface area contributed by atoms with Crippen molar-refractivity contribution in [1.82, 2.24) is 9.97 Å². The monoisotopic (exact) mass is 413 g/mol. The summed E-state index contributed by atoms with van der Waals surface area (Å²) in [5.41, 5.74) is 4.05. The Kier molecular flexibility index (Phi) is 5.54. The molecule has 4 rings (SSSR count). The van der Waals surface area contributed by atoms with Crippen molar-refractivity contribution in [2.24, 2.45) is 0 Å². The third-order valence-electron chi connectivity index (χ3n) is 5.23. The first-order chi connectivity index (χ1) is 15.0. The van der Waals surface area contributed by atoms with Gasteiger partial charge < -0.3 is 14.6 Å². The molecule has 6 heteroatoms. The Morgan fingerprint density at radius 1 is 1.06 bits per heavy atom. The molecule has 2 heterocycles. The molecule has 1 N–H and O–H groups in total. The molecule has 0 unspecified atom stereocenters. The number of amides is 1. The number of rotatable bonds is 5. The topological polar surface area (TPSA) is 75.3 Å². The lowest BCUT2D eigenvalue weighted by Crippen LogP contribution is -2.34. The maximum atomic E-state index is 13.4. The Morgan fingerprint density at radius 2 is 1.90 bits per heavy atom. The predicted molar refractivity (Wildman–Crippen MR) is 122 cm³/mol. The number of benzene rings is 2. The average Bonchev–Trinajstić information content (AvgIpc) is 2.78. The van der Waals surface area contributed by atoms with Crippen molar-refractivity contribution < 1.29 is 9.53 Å². The third-order valence-corrected chi connectivity index (χ3v) is 5.23. The summed E-state index contributed by atoms with van der Waals surface area (Å²) >= 11 is 0. The van der Waals surface area contributed by atoms with Gasteiger partial charge in [0.05, 0.1) is 19.2 Å². The Morgan fingerprint density at radius 3 is 2.61 bits per heavy atom. The van der Waals surface area contributed by atoms with Crippen LogP contribution in [0, 0.1) is 13.8 Å². The van der Waals surface area contributed by atoms with Crippen LogP contribution >= 0.6 is 0 Å². The van der Waals surface area contributed by atoms with Gasteiger partial charge in [-0.05, 0) is 61.2 Å². The zero-order valence-corrected chi connectivity index (χ0v) is 17.7. The Labute approximate surface area is 180 Å². The van der Waals surface area contributed by atoms with Gasteiger partial charge in [0.2, 0.25) is 0 Å². The lowest BCUT2D eigenvalue weighted by Gasteiger charge is -2.24. The number of hydrogen-bond donors (Lipinski definition) is 1.